The number of aromatic nitrogens is 6. The van der Waals surface area contributed by atoms with Gasteiger partial charge in [-0.05, 0) is 159 Å². The molecule has 2 aliphatic heterocycles. The van der Waals surface area contributed by atoms with Gasteiger partial charge in [-0.1, -0.05) is 42.8 Å². The molecule has 6 aromatic heterocycles. The van der Waals surface area contributed by atoms with Crippen LogP contribution in [-0.4, -0.2) is 60.0 Å². The first kappa shape index (κ1) is 50.8. The number of hydrogen-bond donors (Lipinski definition) is 5. The summed E-state index contributed by atoms with van der Waals surface area (Å²) in [7, 11) is 0. The molecule has 0 atom stereocenters. The number of halogens is 2. The number of nitrogens with two attached hydrogens (primary N) is 1. The van der Waals surface area contributed by atoms with Crippen LogP contribution in [-0.2, 0) is 38.8 Å². The van der Waals surface area contributed by atoms with Gasteiger partial charge in [0.25, 0.3) is 5.91 Å². The molecule has 1 amide bonds. The molecule has 0 fully saturated rings. The molecule has 8 aromatic rings. The molecule has 0 saturated heterocycles. The minimum absolute atomic E-state index is 0. The standard InChI is InChI=1S/C27H26ClN5O.C16H11ClN2O2.C11H17N3.CH4/c1-16-23-4-3-8-30-26(23)33-17(2)24(16)15-32-27(34)19-7-9-29-22(13-19)11-18-5-6-25-20(10-18)12-21(28)14-31-25;17-13-7-12-5-10(1-2-15(12)19-9-13)6-14-8-11(16(20)21)3-4-18-14;1-7-9-4-3-5-13-11(9)14-8(2)10(7)6-12;/h5-7,9-10,12-14H,3-4,8,11,15H2,1-2H3,(H,30,33)(H,32,34);1-5,7-9H,6H2,(H,20,21);3-6,12H2,1-2H3,(H,13,14);1H4. The molecule has 2 aliphatic rings. The molecule has 0 bridgehead atoms. The van der Waals surface area contributed by atoms with E-state index >= 15 is 0 Å². The average molecular weight is 978 g/mol. The van der Waals surface area contributed by atoms with Crippen LogP contribution in [0.1, 0.15) is 108 Å². The van der Waals surface area contributed by atoms with Crippen molar-refractivity contribution < 1.29 is 14.7 Å². The first-order valence-electron chi connectivity index (χ1n) is 23.0. The average Bonchev–Trinajstić information content (AvgIpc) is 3.34. The summed E-state index contributed by atoms with van der Waals surface area (Å²) < 4.78 is 0. The number of aromatic carboxylic acids is 1. The van der Waals surface area contributed by atoms with E-state index in [0.29, 0.717) is 47.2 Å². The number of carbonyl (C=O) groups excluding carboxylic acids is 1. The Bertz CT molecular complexity index is 3220. The van der Waals surface area contributed by atoms with Gasteiger partial charge < -0.3 is 26.8 Å². The number of nitrogens with zero attached hydrogens (tertiary/aromatic N) is 6. The molecule has 0 spiro atoms. The van der Waals surface area contributed by atoms with E-state index in [2.05, 4.69) is 60.8 Å². The largest absolute Gasteiger partial charge is 0.478 e. The fourth-order valence-electron chi connectivity index (χ4n) is 8.92. The van der Waals surface area contributed by atoms with Crippen LogP contribution in [0.3, 0.4) is 0 Å². The van der Waals surface area contributed by atoms with Crippen LogP contribution in [0, 0.1) is 27.7 Å². The lowest BCUT2D eigenvalue weighted by molar-refractivity contribution is 0.0696. The maximum atomic E-state index is 13.0. The van der Waals surface area contributed by atoms with E-state index in [4.69, 9.17) is 39.0 Å². The number of aryl methyl sites for hydroxylation is 2. The summed E-state index contributed by atoms with van der Waals surface area (Å²) >= 11 is 12.0. The molecule has 10 rings (SSSR count). The van der Waals surface area contributed by atoms with Crippen LogP contribution in [0.25, 0.3) is 21.8 Å². The third kappa shape index (κ3) is 12.2. The highest BCUT2D eigenvalue weighted by atomic mass is 35.5. The van der Waals surface area contributed by atoms with Crippen LogP contribution < -0.4 is 21.7 Å². The second-order valence-electron chi connectivity index (χ2n) is 17.3. The van der Waals surface area contributed by atoms with Gasteiger partial charge >= 0.3 is 5.97 Å². The van der Waals surface area contributed by atoms with Gasteiger partial charge in [0.15, 0.2) is 0 Å². The second kappa shape index (κ2) is 23.0. The predicted molar refractivity (Wildman–Crippen MR) is 281 cm³/mol. The van der Waals surface area contributed by atoms with Crippen LogP contribution in [0.4, 0.5) is 11.6 Å². The SMILES string of the molecule is C.Cc1nc2c(c(C)c1CN)CCCN2.Cc1nc2c(c(C)c1CNC(=O)c1ccnc(Cc3ccc4ncc(Cl)cc4c3)c1)CCCN2.O=C(O)c1ccnc(Cc2ccc3ncc(Cl)cc3c2)c1. The fourth-order valence-corrected chi connectivity index (χ4v) is 9.25. The molecule has 0 aliphatic carbocycles. The van der Waals surface area contributed by atoms with Gasteiger partial charge in [-0.3, -0.25) is 24.7 Å². The Balaban J connectivity index is 0.000000170. The van der Waals surface area contributed by atoms with Crippen molar-refractivity contribution in [3.63, 3.8) is 0 Å². The summed E-state index contributed by atoms with van der Waals surface area (Å²) in [6.07, 6.45) is 12.1. The molecule has 0 radical (unpaired) electrons. The van der Waals surface area contributed by atoms with E-state index in [1.807, 2.05) is 62.4 Å². The van der Waals surface area contributed by atoms with Crippen molar-refractivity contribution in [2.24, 2.45) is 5.73 Å². The lowest BCUT2D eigenvalue weighted by Gasteiger charge is -2.22. The number of hydrogen-bond acceptors (Lipinski definition) is 11. The van der Waals surface area contributed by atoms with Crippen molar-refractivity contribution in [3.8, 4) is 0 Å². The number of nitrogens with one attached hydrogen (secondary N) is 3. The van der Waals surface area contributed by atoms with Crippen molar-refractivity contribution in [1.29, 1.82) is 0 Å². The maximum absolute atomic E-state index is 13.0. The lowest BCUT2D eigenvalue weighted by atomic mass is 9.96. The molecule has 6 N–H and O–H groups in total. The number of carboxylic acids is 1. The second-order valence-corrected chi connectivity index (χ2v) is 18.2. The molecule has 360 valence electrons. The van der Waals surface area contributed by atoms with Crippen LogP contribution in [0.5, 0.6) is 0 Å². The van der Waals surface area contributed by atoms with Gasteiger partial charge in [-0.25, -0.2) is 14.8 Å². The molecular weight excluding hydrogens is 920 g/mol. The number of carboxylic acid groups (broad SMARTS) is 1. The number of anilines is 2. The Morgan fingerprint density at radius 1 is 0.657 bits per heavy atom. The van der Waals surface area contributed by atoms with Crippen molar-refractivity contribution >= 4 is 68.5 Å². The van der Waals surface area contributed by atoms with E-state index in [0.717, 1.165) is 99.6 Å². The Hall–Kier alpha value is -7.06. The zero-order valence-electron chi connectivity index (χ0n) is 39.1. The van der Waals surface area contributed by atoms with Crippen molar-refractivity contribution in [2.45, 2.75) is 86.7 Å². The van der Waals surface area contributed by atoms with Gasteiger partial charge in [0, 0.05) is 103 Å². The van der Waals surface area contributed by atoms with E-state index < -0.39 is 5.97 Å². The molecule has 13 nitrogen and oxygen atoms in total. The molecule has 15 heteroatoms. The Labute approximate surface area is 418 Å². The lowest BCUT2D eigenvalue weighted by Crippen LogP contribution is -2.25. The molecular formula is C55H58Cl2N10O3. The molecule has 2 aromatic carbocycles. The summed E-state index contributed by atoms with van der Waals surface area (Å²) in [6, 6.07) is 22.4. The third-order valence-corrected chi connectivity index (χ3v) is 13.0. The van der Waals surface area contributed by atoms with Gasteiger partial charge in [0.1, 0.15) is 11.6 Å². The minimum Gasteiger partial charge on any atom is -0.478 e. The highest BCUT2D eigenvalue weighted by Gasteiger charge is 2.19. The highest BCUT2D eigenvalue weighted by Crippen LogP contribution is 2.29. The Morgan fingerprint density at radius 2 is 1.14 bits per heavy atom. The van der Waals surface area contributed by atoms with E-state index in [1.54, 1.807) is 30.7 Å². The first-order chi connectivity index (χ1) is 33.3. The monoisotopic (exact) mass is 976 g/mol. The normalized spacial score (nSPS) is 12.4. The molecule has 0 saturated carbocycles. The van der Waals surface area contributed by atoms with Crippen LogP contribution in [0.2, 0.25) is 10.0 Å². The number of pyridine rings is 6. The van der Waals surface area contributed by atoms with Gasteiger partial charge in [0.2, 0.25) is 0 Å². The summed E-state index contributed by atoms with van der Waals surface area (Å²) in [6.45, 7) is 11.4. The predicted octanol–water partition coefficient (Wildman–Crippen LogP) is 10.9. The van der Waals surface area contributed by atoms with E-state index in [-0.39, 0.29) is 18.9 Å². The smallest absolute Gasteiger partial charge is 0.335 e. The number of carbonyl (C=O) groups is 2. The number of fused-ring (bicyclic) bond motifs is 4. The first-order valence-corrected chi connectivity index (χ1v) is 23.7. The van der Waals surface area contributed by atoms with Gasteiger partial charge in [0.05, 0.1) is 26.6 Å². The highest BCUT2D eigenvalue weighted by molar-refractivity contribution is 6.31. The fraction of sp³-hybridized carbons (Fsp3) is 0.273. The summed E-state index contributed by atoms with van der Waals surface area (Å²) in [5.74, 6) is 0.992. The number of rotatable bonds is 9. The Morgan fingerprint density at radius 3 is 1.66 bits per heavy atom. The topological polar surface area (TPSA) is 194 Å². The van der Waals surface area contributed by atoms with Crippen molar-refractivity contribution in [2.75, 3.05) is 23.7 Å². The maximum Gasteiger partial charge on any atom is 0.335 e. The van der Waals surface area contributed by atoms with Crippen LogP contribution in [0.15, 0.2) is 97.6 Å². The minimum atomic E-state index is -0.951. The summed E-state index contributed by atoms with van der Waals surface area (Å²) in [5.41, 5.74) is 21.5. The number of amides is 1. The number of benzene rings is 2. The molecule has 70 heavy (non-hydrogen) atoms. The molecule has 0 unspecified atom stereocenters. The zero-order valence-corrected chi connectivity index (χ0v) is 40.6. The van der Waals surface area contributed by atoms with Gasteiger partial charge in [-0.2, -0.15) is 0 Å². The summed E-state index contributed by atoms with van der Waals surface area (Å²) in [5, 5.41) is 21.9. The Kier molecular flexibility index (Phi) is 16.7. The molecule has 8 heterocycles. The van der Waals surface area contributed by atoms with Crippen LogP contribution >= 0.6 is 23.2 Å². The van der Waals surface area contributed by atoms with Crippen molar-refractivity contribution in [3.05, 3.63) is 186 Å². The van der Waals surface area contributed by atoms with E-state index in [1.165, 1.54) is 46.5 Å². The van der Waals surface area contributed by atoms with E-state index in [9.17, 15) is 9.59 Å². The third-order valence-electron chi connectivity index (χ3n) is 12.6. The van der Waals surface area contributed by atoms with Gasteiger partial charge in [-0.15, -0.1) is 0 Å². The quantitative estimate of drug-likeness (QED) is 0.0920. The zero-order chi connectivity index (χ0) is 48.6. The summed E-state index contributed by atoms with van der Waals surface area (Å²) in [4.78, 5) is 50.5. The van der Waals surface area contributed by atoms with Crippen molar-refractivity contribution in [1.82, 2.24) is 35.2 Å².